The molecule has 92 valence electrons. The number of benzene rings is 1. The maximum Gasteiger partial charge on any atom is 0.168 e. The van der Waals surface area contributed by atoms with E-state index < -0.39 is 0 Å². The van der Waals surface area contributed by atoms with Gasteiger partial charge in [-0.15, -0.1) is 0 Å². The van der Waals surface area contributed by atoms with Crippen molar-refractivity contribution in [1.82, 2.24) is 5.16 Å². The fourth-order valence-corrected chi connectivity index (χ4v) is 2.41. The molecular formula is C14H12ClNO2. The number of fused-ring (bicyclic) bond motifs is 1. The first-order valence-corrected chi connectivity index (χ1v) is 6.41. The lowest BCUT2D eigenvalue weighted by Gasteiger charge is -2.00. The molecule has 18 heavy (non-hydrogen) atoms. The van der Waals surface area contributed by atoms with Crippen molar-refractivity contribution in [3.05, 3.63) is 40.6 Å². The number of Topliss-reactive ketones (excluding diaryl/α,β-unsaturated/α-hetero) is 1. The number of nitrogens with zero attached hydrogens (tertiary/aromatic N) is 1. The van der Waals surface area contributed by atoms with Gasteiger partial charge in [-0.2, -0.15) is 0 Å². The van der Waals surface area contributed by atoms with Crippen LogP contribution in [0, 0.1) is 0 Å². The third-order valence-electron chi connectivity index (χ3n) is 3.22. The summed E-state index contributed by atoms with van der Waals surface area (Å²) >= 11 is 5.86. The number of ketones is 1. The van der Waals surface area contributed by atoms with Crippen LogP contribution in [0.3, 0.4) is 0 Å². The Morgan fingerprint density at radius 1 is 1.11 bits per heavy atom. The summed E-state index contributed by atoms with van der Waals surface area (Å²) in [5.74, 6) is 0.858. The number of rotatable bonds is 1. The van der Waals surface area contributed by atoms with Crippen LogP contribution >= 0.6 is 11.6 Å². The highest BCUT2D eigenvalue weighted by Gasteiger charge is 2.25. The molecule has 0 fully saturated rings. The van der Waals surface area contributed by atoms with E-state index in [0.717, 1.165) is 30.6 Å². The zero-order valence-corrected chi connectivity index (χ0v) is 10.5. The second-order valence-electron chi connectivity index (χ2n) is 4.47. The molecule has 0 saturated carbocycles. The normalized spacial score (nSPS) is 15.3. The summed E-state index contributed by atoms with van der Waals surface area (Å²) in [6.07, 6.45) is 3.27. The Hall–Kier alpha value is -1.61. The van der Waals surface area contributed by atoms with Crippen LogP contribution in [0.1, 0.15) is 35.4 Å². The summed E-state index contributed by atoms with van der Waals surface area (Å²) in [7, 11) is 0. The first-order chi connectivity index (χ1) is 8.75. The van der Waals surface area contributed by atoms with E-state index in [1.807, 2.05) is 12.1 Å². The van der Waals surface area contributed by atoms with E-state index in [2.05, 4.69) is 5.16 Å². The molecule has 0 spiro atoms. The number of hydrogen-bond acceptors (Lipinski definition) is 3. The number of halogens is 1. The highest BCUT2D eigenvalue weighted by atomic mass is 35.5. The fourth-order valence-electron chi connectivity index (χ4n) is 2.28. The third kappa shape index (κ3) is 1.95. The van der Waals surface area contributed by atoms with Crippen LogP contribution in [-0.4, -0.2) is 10.9 Å². The fraction of sp³-hybridized carbons (Fsp3) is 0.286. The Balaban J connectivity index is 2.11. The third-order valence-corrected chi connectivity index (χ3v) is 3.47. The number of carbonyl (C=O) groups excluding carboxylic acids is 1. The molecule has 1 aliphatic carbocycles. The molecule has 3 nitrogen and oxygen atoms in total. The summed E-state index contributed by atoms with van der Waals surface area (Å²) in [6, 6.07) is 7.30. The molecule has 1 aliphatic rings. The van der Waals surface area contributed by atoms with Crippen molar-refractivity contribution in [2.24, 2.45) is 0 Å². The maximum atomic E-state index is 12.1. The first-order valence-electron chi connectivity index (χ1n) is 6.03. The van der Waals surface area contributed by atoms with Gasteiger partial charge >= 0.3 is 0 Å². The van der Waals surface area contributed by atoms with Gasteiger partial charge in [0.15, 0.2) is 5.78 Å². The van der Waals surface area contributed by atoms with Gasteiger partial charge in [0, 0.05) is 23.4 Å². The molecule has 2 aromatic rings. The van der Waals surface area contributed by atoms with E-state index in [9.17, 15) is 4.79 Å². The minimum Gasteiger partial charge on any atom is -0.360 e. The molecule has 1 heterocycles. The highest BCUT2D eigenvalue weighted by Crippen LogP contribution is 2.30. The molecule has 0 amide bonds. The standard InChI is InChI=1S/C14H12ClNO2/c15-10-7-5-9(6-8-10)14-13-11(17)3-1-2-4-12(13)18-16-14/h5-8H,1-4H2. The second kappa shape index (κ2) is 4.58. The van der Waals surface area contributed by atoms with Gasteiger partial charge in [0.05, 0.1) is 5.56 Å². The first kappa shape index (κ1) is 11.5. The number of aryl methyl sites for hydroxylation is 1. The van der Waals surface area contributed by atoms with Crippen LogP contribution in [0.2, 0.25) is 5.02 Å². The van der Waals surface area contributed by atoms with Crippen LogP contribution in [0.25, 0.3) is 11.3 Å². The molecule has 0 bridgehead atoms. The smallest absolute Gasteiger partial charge is 0.168 e. The minimum atomic E-state index is 0.133. The summed E-state index contributed by atoms with van der Waals surface area (Å²) < 4.78 is 5.32. The van der Waals surface area contributed by atoms with Crippen LogP contribution in [0.5, 0.6) is 0 Å². The van der Waals surface area contributed by atoms with Gasteiger partial charge in [-0.3, -0.25) is 4.79 Å². The van der Waals surface area contributed by atoms with Gasteiger partial charge < -0.3 is 4.52 Å². The Morgan fingerprint density at radius 3 is 2.61 bits per heavy atom. The lowest BCUT2D eigenvalue weighted by Crippen LogP contribution is -1.99. The zero-order chi connectivity index (χ0) is 12.5. The van der Waals surface area contributed by atoms with Crippen molar-refractivity contribution in [2.75, 3.05) is 0 Å². The summed E-state index contributed by atoms with van der Waals surface area (Å²) in [5.41, 5.74) is 2.18. The Kier molecular flexibility index (Phi) is 2.92. The molecule has 0 saturated heterocycles. The van der Waals surface area contributed by atoms with Crippen molar-refractivity contribution in [2.45, 2.75) is 25.7 Å². The van der Waals surface area contributed by atoms with E-state index in [1.165, 1.54) is 0 Å². The predicted molar refractivity (Wildman–Crippen MR) is 68.8 cm³/mol. The van der Waals surface area contributed by atoms with E-state index in [-0.39, 0.29) is 5.78 Å². The Labute approximate surface area is 110 Å². The zero-order valence-electron chi connectivity index (χ0n) is 9.78. The van der Waals surface area contributed by atoms with Crippen molar-refractivity contribution >= 4 is 17.4 Å². The van der Waals surface area contributed by atoms with Gasteiger partial charge in [-0.25, -0.2) is 0 Å². The molecule has 0 aliphatic heterocycles. The van der Waals surface area contributed by atoms with Crippen LogP contribution < -0.4 is 0 Å². The second-order valence-corrected chi connectivity index (χ2v) is 4.90. The predicted octanol–water partition coefficient (Wildman–Crippen LogP) is 3.90. The average molecular weight is 262 g/mol. The lowest BCUT2D eigenvalue weighted by molar-refractivity contribution is 0.0982. The number of hydrogen-bond donors (Lipinski definition) is 0. The van der Waals surface area contributed by atoms with Crippen molar-refractivity contribution in [3.63, 3.8) is 0 Å². The van der Waals surface area contributed by atoms with Gasteiger partial charge in [-0.05, 0) is 25.0 Å². The molecule has 4 heteroatoms. The monoisotopic (exact) mass is 261 g/mol. The summed E-state index contributed by atoms with van der Waals surface area (Å²) in [6.45, 7) is 0. The number of aromatic nitrogens is 1. The average Bonchev–Trinajstić information content (AvgIpc) is 2.71. The van der Waals surface area contributed by atoms with Crippen molar-refractivity contribution in [1.29, 1.82) is 0 Å². The van der Waals surface area contributed by atoms with E-state index in [1.54, 1.807) is 12.1 Å². The van der Waals surface area contributed by atoms with Crippen LogP contribution in [0.4, 0.5) is 0 Å². The maximum absolute atomic E-state index is 12.1. The quantitative estimate of drug-likeness (QED) is 0.731. The molecule has 1 aromatic heterocycles. The SMILES string of the molecule is O=C1CCCCc2onc(-c3ccc(Cl)cc3)c21. The van der Waals surface area contributed by atoms with Crippen molar-refractivity contribution in [3.8, 4) is 11.3 Å². The molecular weight excluding hydrogens is 250 g/mol. The van der Waals surface area contributed by atoms with Crippen LogP contribution in [-0.2, 0) is 6.42 Å². The Bertz CT molecular complexity index is 586. The molecule has 1 aromatic carbocycles. The van der Waals surface area contributed by atoms with Gasteiger partial charge in [0.2, 0.25) is 0 Å². The largest absolute Gasteiger partial charge is 0.360 e. The van der Waals surface area contributed by atoms with Crippen molar-refractivity contribution < 1.29 is 9.32 Å². The van der Waals surface area contributed by atoms with Gasteiger partial charge in [0.25, 0.3) is 0 Å². The van der Waals surface area contributed by atoms with E-state index >= 15 is 0 Å². The molecule has 0 atom stereocenters. The number of carbonyl (C=O) groups is 1. The molecule has 0 unspecified atom stereocenters. The van der Waals surface area contributed by atoms with Gasteiger partial charge in [0.1, 0.15) is 11.5 Å². The van der Waals surface area contributed by atoms with Crippen LogP contribution in [0.15, 0.2) is 28.8 Å². The Morgan fingerprint density at radius 2 is 1.83 bits per heavy atom. The molecule has 3 rings (SSSR count). The summed E-state index contributed by atoms with van der Waals surface area (Å²) in [4.78, 5) is 12.1. The minimum absolute atomic E-state index is 0.133. The van der Waals surface area contributed by atoms with E-state index in [4.69, 9.17) is 16.1 Å². The molecule has 0 N–H and O–H groups in total. The highest BCUT2D eigenvalue weighted by molar-refractivity contribution is 6.30. The lowest BCUT2D eigenvalue weighted by atomic mass is 10.0. The topological polar surface area (TPSA) is 43.1 Å². The molecule has 0 radical (unpaired) electrons. The van der Waals surface area contributed by atoms with E-state index in [0.29, 0.717) is 22.7 Å². The van der Waals surface area contributed by atoms with Gasteiger partial charge in [-0.1, -0.05) is 28.9 Å². The summed E-state index contributed by atoms with van der Waals surface area (Å²) in [5, 5.41) is 4.72.